The monoisotopic (exact) mass is 278 g/mol. The molecule has 0 bridgehead atoms. The molecule has 0 atom stereocenters. The number of halogens is 5. The molecule has 0 unspecified atom stereocenters. The van der Waals surface area contributed by atoms with E-state index in [0.717, 1.165) is 0 Å². The van der Waals surface area contributed by atoms with Crippen LogP contribution in [0.4, 0.5) is 0 Å². The second-order valence-electron chi connectivity index (χ2n) is 2.10. The van der Waals surface area contributed by atoms with Crippen molar-refractivity contribution in [1.29, 1.82) is 0 Å². The number of hydrogen-bond acceptors (Lipinski definition) is 1. The predicted molar refractivity (Wildman–Crippen MR) is 57.4 cm³/mol. The summed E-state index contributed by atoms with van der Waals surface area (Å²) < 4.78 is 3.03. The molecule has 1 rings (SSSR count). The van der Waals surface area contributed by atoms with Crippen molar-refractivity contribution in [1.82, 2.24) is 0 Å². The van der Waals surface area contributed by atoms with Crippen LogP contribution in [0.3, 0.4) is 0 Å². The van der Waals surface area contributed by atoms with Crippen LogP contribution in [0.2, 0.25) is 10.0 Å². The molecule has 0 heterocycles. The zero-order chi connectivity index (χ0) is 10.1. The van der Waals surface area contributed by atoms with Gasteiger partial charge in [0.25, 0.3) is 0 Å². The van der Waals surface area contributed by atoms with Crippen molar-refractivity contribution < 1.29 is 4.74 Å². The van der Waals surface area contributed by atoms with Gasteiger partial charge in [0.15, 0.2) is 5.75 Å². The summed E-state index contributed by atoms with van der Waals surface area (Å²) >= 11 is 27.7. The van der Waals surface area contributed by atoms with Gasteiger partial charge in [0.05, 0.1) is 10.0 Å². The van der Waals surface area contributed by atoms with Crippen molar-refractivity contribution in [3.63, 3.8) is 0 Å². The fraction of sp³-hybridized carbons (Fsp3) is 0.143. The van der Waals surface area contributed by atoms with E-state index in [9.17, 15) is 0 Å². The lowest BCUT2D eigenvalue weighted by atomic mass is 10.3. The minimum Gasteiger partial charge on any atom is -0.442 e. The Balaban J connectivity index is 3.00. The Morgan fingerprint density at radius 3 is 1.85 bits per heavy atom. The average molecular weight is 280 g/mol. The van der Waals surface area contributed by atoms with E-state index in [1.165, 1.54) is 0 Å². The molecule has 0 saturated carbocycles. The zero-order valence-corrected chi connectivity index (χ0v) is 9.81. The van der Waals surface area contributed by atoms with Crippen molar-refractivity contribution in [3.8, 4) is 5.75 Å². The Morgan fingerprint density at radius 1 is 1.00 bits per heavy atom. The van der Waals surface area contributed by atoms with Crippen LogP contribution in [0.1, 0.15) is 0 Å². The molecule has 0 fully saturated rings. The molecule has 0 saturated heterocycles. The summed E-state index contributed by atoms with van der Waals surface area (Å²) in [6.45, 7) is 0. The maximum atomic E-state index is 5.75. The van der Waals surface area contributed by atoms with E-state index in [1.807, 2.05) is 0 Å². The van der Waals surface area contributed by atoms with Gasteiger partial charge in [-0.25, -0.2) is 0 Å². The molecule has 0 spiro atoms. The lowest BCUT2D eigenvalue weighted by Gasteiger charge is -2.15. The van der Waals surface area contributed by atoms with Gasteiger partial charge in [0.2, 0.25) is 0 Å². The highest BCUT2D eigenvalue weighted by atomic mass is 35.6. The van der Waals surface area contributed by atoms with Crippen LogP contribution in [-0.4, -0.2) is 3.98 Å². The Hall–Kier alpha value is 0.470. The Bertz CT molecular complexity index is 286. The summed E-state index contributed by atoms with van der Waals surface area (Å²) in [6, 6.07) is 4.83. The second-order valence-corrected chi connectivity index (χ2v) is 5.09. The standard InChI is InChI=1S/C7H3Cl5O/c8-4-2-1-3-5(9)6(4)13-7(10,11)12/h1-3H. The molecule has 1 aromatic carbocycles. The van der Waals surface area contributed by atoms with E-state index in [4.69, 9.17) is 62.7 Å². The SMILES string of the molecule is Clc1cccc(Cl)c1OC(Cl)(Cl)Cl. The van der Waals surface area contributed by atoms with Gasteiger partial charge in [-0.1, -0.05) is 29.3 Å². The highest BCUT2D eigenvalue weighted by molar-refractivity contribution is 6.66. The summed E-state index contributed by atoms with van der Waals surface area (Å²) in [6.07, 6.45) is 0. The van der Waals surface area contributed by atoms with Crippen molar-refractivity contribution in [2.24, 2.45) is 0 Å². The third-order valence-corrected chi connectivity index (χ3v) is 1.96. The largest absolute Gasteiger partial charge is 0.442 e. The fourth-order valence-electron chi connectivity index (χ4n) is 0.696. The van der Waals surface area contributed by atoms with Crippen LogP contribution >= 0.6 is 58.0 Å². The van der Waals surface area contributed by atoms with Crippen molar-refractivity contribution in [2.45, 2.75) is 3.98 Å². The van der Waals surface area contributed by atoms with Crippen molar-refractivity contribution in [3.05, 3.63) is 28.2 Å². The smallest absolute Gasteiger partial charge is 0.338 e. The van der Waals surface area contributed by atoms with Crippen LogP contribution in [0.15, 0.2) is 18.2 Å². The van der Waals surface area contributed by atoms with Gasteiger partial charge in [-0.3, -0.25) is 0 Å². The first-order valence-electron chi connectivity index (χ1n) is 3.10. The van der Waals surface area contributed by atoms with Gasteiger partial charge in [-0.05, 0) is 46.9 Å². The van der Waals surface area contributed by atoms with E-state index in [1.54, 1.807) is 18.2 Å². The van der Waals surface area contributed by atoms with Gasteiger partial charge in [-0.15, -0.1) is 0 Å². The van der Waals surface area contributed by atoms with Gasteiger partial charge < -0.3 is 4.74 Å². The third kappa shape index (κ3) is 3.61. The molecule has 0 aromatic heterocycles. The predicted octanol–water partition coefficient (Wildman–Crippen LogP) is 4.70. The minimum absolute atomic E-state index is 0.158. The minimum atomic E-state index is -1.87. The zero-order valence-electron chi connectivity index (χ0n) is 6.03. The number of alkyl halides is 3. The third-order valence-electron chi connectivity index (χ3n) is 1.14. The maximum Gasteiger partial charge on any atom is 0.338 e. The van der Waals surface area contributed by atoms with E-state index < -0.39 is 3.98 Å². The second kappa shape index (κ2) is 4.33. The van der Waals surface area contributed by atoms with Crippen molar-refractivity contribution in [2.75, 3.05) is 0 Å². The molecule has 0 radical (unpaired) electrons. The Morgan fingerprint density at radius 2 is 1.46 bits per heavy atom. The normalized spacial score (nSPS) is 11.5. The number of benzene rings is 1. The molecular weight excluding hydrogens is 277 g/mol. The topological polar surface area (TPSA) is 9.23 Å². The average Bonchev–Trinajstić information content (AvgIpc) is 1.95. The molecule has 13 heavy (non-hydrogen) atoms. The van der Waals surface area contributed by atoms with Gasteiger partial charge >= 0.3 is 3.98 Å². The number of hydrogen-bond donors (Lipinski definition) is 0. The summed E-state index contributed by atoms with van der Waals surface area (Å²) in [5.41, 5.74) is 0. The molecular formula is C7H3Cl5O. The number of para-hydroxylation sites is 1. The molecule has 0 aliphatic heterocycles. The van der Waals surface area contributed by atoms with Crippen LogP contribution < -0.4 is 4.74 Å². The highest BCUT2D eigenvalue weighted by Crippen LogP contribution is 2.38. The van der Waals surface area contributed by atoms with E-state index in [2.05, 4.69) is 0 Å². The van der Waals surface area contributed by atoms with E-state index in [0.29, 0.717) is 10.0 Å². The maximum absolute atomic E-state index is 5.75. The molecule has 1 nitrogen and oxygen atoms in total. The van der Waals surface area contributed by atoms with Gasteiger partial charge in [0.1, 0.15) is 0 Å². The van der Waals surface area contributed by atoms with E-state index in [-0.39, 0.29) is 5.75 Å². The molecule has 72 valence electrons. The van der Waals surface area contributed by atoms with Gasteiger partial charge in [-0.2, -0.15) is 0 Å². The first-order valence-corrected chi connectivity index (χ1v) is 4.99. The molecule has 0 N–H and O–H groups in total. The summed E-state index contributed by atoms with van der Waals surface area (Å²) in [5.74, 6) is 0.158. The van der Waals surface area contributed by atoms with Gasteiger partial charge in [0, 0.05) is 0 Å². The van der Waals surface area contributed by atoms with Crippen molar-refractivity contribution >= 4 is 58.0 Å². The fourth-order valence-corrected chi connectivity index (χ4v) is 1.40. The lowest BCUT2D eigenvalue weighted by Crippen LogP contribution is -2.13. The summed E-state index contributed by atoms with van der Waals surface area (Å²) in [5, 5.41) is 0.581. The van der Waals surface area contributed by atoms with Crippen LogP contribution in [0.5, 0.6) is 5.75 Å². The van der Waals surface area contributed by atoms with Crippen LogP contribution in [0.25, 0.3) is 0 Å². The highest BCUT2D eigenvalue weighted by Gasteiger charge is 2.24. The molecule has 6 heteroatoms. The summed E-state index contributed by atoms with van der Waals surface area (Å²) in [4.78, 5) is 0. The van der Waals surface area contributed by atoms with Crippen LogP contribution in [0, 0.1) is 0 Å². The Kier molecular flexibility index (Phi) is 3.84. The molecule has 0 aliphatic carbocycles. The molecule has 0 aliphatic rings. The lowest BCUT2D eigenvalue weighted by molar-refractivity contribution is 0.321. The number of rotatable bonds is 1. The molecule has 1 aromatic rings. The summed E-state index contributed by atoms with van der Waals surface area (Å²) in [7, 11) is 0. The molecule has 0 amide bonds. The quantitative estimate of drug-likeness (QED) is 0.677. The van der Waals surface area contributed by atoms with E-state index >= 15 is 0 Å². The van der Waals surface area contributed by atoms with Crippen LogP contribution in [-0.2, 0) is 0 Å². The first-order chi connectivity index (χ1) is 5.90. The number of ether oxygens (including phenoxy) is 1. The Labute approximate surface area is 100 Å². The first kappa shape index (κ1) is 11.5.